The lowest BCUT2D eigenvalue weighted by Crippen LogP contribution is -2.50. The summed E-state index contributed by atoms with van der Waals surface area (Å²) in [6, 6.07) is 0. The van der Waals surface area contributed by atoms with E-state index in [-0.39, 0.29) is 5.41 Å². The number of carbonyl (C=O) groups is 1. The van der Waals surface area contributed by atoms with Gasteiger partial charge in [-0.2, -0.15) is 0 Å². The van der Waals surface area contributed by atoms with Crippen molar-refractivity contribution in [2.24, 2.45) is 23.2 Å². The Bertz CT molecular complexity index is 676. The molecule has 0 aliphatic heterocycles. The normalized spacial score (nSPS) is 45.7. The van der Waals surface area contributed by atoms with Gasteiger partial charge in [0.05, 0.1) is 0 Å². The molecule has 4 rings (SSSR count). The summed E-state index contributed by atoms with van der Waals surface area (Å²) in [6.45, 7) is 4.54. The molecule has 4 aliphatic carbocycles. The summed E-state index contributed by atoms with van der Waals surface area (Å²) >= 11 is 0. The van der Waals surface area contributed by atoms with Crippen molar-refractivity contribution in [3.05, 3.63) is 22.8 Å². The monoisotopic (exact) mass is 310 g/mol. The fourth-order valence-electron chi connectivity index (χ4n) is 6.16. The number of terminal acetylenes is 1. The van der Waals surface area contributed by atoms with E-state index in [1.54, 1.807) is 5.57 Å². The second-order valence-electron chi connectivity index (χ2n) is 8.41. The van der Waals surface area contributed by atoms with Gasteiger partial charge in [-0.1, -0.05) is 25.3 Å². The molecule has 0 aromatic heterocycles. The van der Waals surface area contributed by atoms with Crippen molar-refractivity contribution >= 4 is 5.78 Å². The molecule has 0 saturated heterocycles. The molecule has 122 valence electrons. The Morgan fingerprint density at radius 1 is 1.30 bits per heavy atom. The molecule has 2 heteroatoms. The topological polar surface area (TPSA) is 37.3 Å². The molecule has 0 spiro atoms. The average Bonchev–Trinajstić information content (AvgIpc) is 2.79. The van der Waals surface area contributed by atoms with Crippen molar-refractivity contribution in [3.63, 3.8) is 0 Å². The first-order chi connectivity index (χ1) is 10.9. The van der Waals surface area contributed by atoms with Gasteiger partial charge in [-0.3, -0.25) is 4.79 Å². The molecule has 5 atom stereocenters. The molecule has 0 heterocycles. The predicted octanol–water partition coefficient (Wildman–Crippen LogP) is 3.80. The van der Waals surface area contributed by atoms with Gasteiger partial charge < -0.3 is 5.11 Å². The van der Waals surface area contributed by atoms with Gasteiger partial charge in [-0.05, 0) is 73.5 Å². The van der Waals surface area contributed by atoms with Crippen LogP contribution in [0.2, 0.25) is 0 Å². The van der Waals surface area contributed by atoms with E-state index < -0.39 is 5.60 Å². The lowest BCUT2D eigenvalue weighted by Gasteiger charge is -2.52. The van der Waals surface area contributed by atoms with Crippen LogP contribution in [-0.4, -0.2) is 16.5 Å². The standard InChI is InChI=1S/C21H26O2/c1-4-21(23)10-8-18-19-13(2)11-14-12-15(22)5-6-16(14)17(19)7-9-20(18,21)3/h1,12-13,18-19,23H,5-11H2,2-3H3/t13-,18+,19-,20+,21+/m1/s1. The number of fused-ring (bicyclic) bond motifs is 4. The molecule has 1 N–H and O–H groups in total. The van der Waals surface area contributed by atoms with Crippen LogP contribution in [-0.2, 0) is 4.79 Å². The van der Waals surface area contributed by atoms with Crippen molar-refractivity contribution < 1.29 is 9.90 Å². The van der Waals surface area contributed by atoms with Gasteiger partial charge in [0.15, 0.2) is 5.78 Å². The highest BCUT2D eigenvalue weighted by atomic mass is 16.3. The fraction of sp³-hybridized carbons (Fsp3) is 0.667. The van der Waals surface area contributed by atoms with Crippen LogP contribution < -0.4 is 0 Å². The highest BCUT2D eigenvalue weighted by Crippen LogP contribution is 2.64. The van der Waals surface area contributed by atoms with Crippen LogP contribution in [0.15, 0.2) is 22.8 Å². The summed E-state index contributed by atoms with van der Waals surface area (Å²) in [5, 5.41) is 11.0. The molecular weight excluding hydrogens is 284 g/mol. The minimum Gasteiger partial charge on any atom is -0.377 e. The number of hydrogen-bond acceptors (Lipinski definition) is 2. The Kier molecular flexibility index (Phi) is 3.20. The van der Waals surface area contributed by atoms with Crippen LogP contribution in [0, 0.1) is 35.5 Å². The average molecular weight is 310 g/mol. The molecule has 0 amide bonds. The van der Waals surface area contributed by atoms with Gasteiger partial charge in [0.25, 0.3) is 0 Å². The van der Waals surface area contributed by atoms with Crippen molar-refractivity contribution in [2.45, 2.75) is 64.4 Å². The van der Waals surface area contributed by atoms with Gasteiger partial charge in [0, 0.05) is 11.8 Å². The van der Waals surface area contributed by atoms with Crippen LogP contribution in [0.3, 0.4) is 0 Å². The van der Waals surface area contributed by atoms with E-state index in [1.165, 1.54) is 11.1 Å². The predicted molar refractivity (Wildman–Crippen MR) is 90.5 cm³/mol. The van der Waals surface area contributed by atoms with E-state index in [1.807, 2.05) is 6.08 Å². The molecule has 2 fully saturated rings. The molecule has 0 aromatic carbocycles. The van der Waals surface area contributed by atoms with Gasteiger partial charge in [-0.25, -0.2) is 0 Å². The summed E-state index contributed by atoms with van der Waals surface area (Å²) in [7, 11) is 0. The van der Waals surface area contributed by atoms with E-state index in [0.29, 0.717) is 30.0 Å². The quantitative estimate of drug-likeness (QED) is 0.691. The molecule has 2 nitrogen and oxygen atoms in total. The summed E-state index contributed by atoms with van der Waals surface area (Å²) in [5.74, 6) is 4.58. The van der Waals surface area contributed by atoms with E-state index >= 15 is 0 Å². The van der Waals surface area contributed by atoms with Crippen LogP contribution in [0.4, 0.5) is 0 Å². The third-order valence-electron chi connectivity index (χ3n) is 7.46. The van der Waals surface area contributed by atoms with Crippen molar-refractivity contribution in [1.29, 1.82) is 0 Å². The maximum absolute atomic E-state index is 11.8. The molecule has 23 heavy (non-hydrogen) atoms. The van der Waals surface area contributed by atoms with E-state index in [0.717, 1.165) is 38.5 Å². The van der Waals surface area contributed by atoms with Gasteiger partial charge in [-0.15, -0.1) is 6.42 Å². The Hall–Kier alpha value is -1.33. The fourth-order valence-corrected chi connectivity index (χ4v) is 6.16. The zero-order chi connectivity index (χ0) is 16.4. The van der Waals surface area contributed by atoms with Gasteiger partial charge in [0.2, 0.25) is 0 Å². The van der Waals surface area contributed by atoms with Crippen LogP contribution in [0.5, 0.6) is 0 Å². The van der Waals surface area contributed by atoms with Crippen molar-refractivity contribution in [3.8, 4) is 12.3 Å². The summed E-state index contributed by atoms with van der Waals surface area (Å²) in [6.07, 6.45) is 14.0. The smallest absolute Gasteiger partial charge is 0.156 e. The molecule has 0 radical (unpaired) electrons. The SMILES string of the molecule is C#C[C@]1(O)CC[C@H]2[C@H]3C(=C4CCC(=O)C=C4C[C@H]3C)CC[C@@]21C. The Balaban J connectivity index is 1.80. The summed E-state index contributed by atoms with van der Waals surface area (Å²) in [5.41, 5.74) is 3.27. The van der Waals surface area contributed by atoms with Crippen molar-refractivity contribution in [1.82, 2.24) is 0 Å². The lowest BCUT2D eigenvalue weighted by atomic mass is 9.53. The first-order valence-corrected chi connectivity index (χ1v) is 9.05. The molecule has 0 aromatic rings. The first-order valence-electron chi connectivity index (χ1n) is 9.05. The highest BCUT2D eigenvalue weighted by molar-refractivity contribution is 5.93. The van der Waals surface area contributed by atoms with Gasteiger partial charge >= 0.3 is 0 Å². The van der Waals surface area contributed by atoms with Crippen LogP contribution in [0.25, 0.3) is 0 Å². The Morgan fingerprint density at radius 2 is 2.09 bits per heavy atom. The van der Waals surface area contributed by atoms with Crippen LogP contribution >= 0.6 is 0 Å². The van der Waals surface area contributed by atoms with Crippen LogP contribution in [0.1, 0.15) is 58.8 Å². The maximum Gasteiger partial charge on any atom is 0.156 e. The minimum absolute atomic E-state index is 0.156. The molecule has 0 bridgehead atoms. The Labute approximate surface area is 139 Å². The summed E-state index contributed by atoms with van der Waals surface area (Å²) < 4.78 is 0. The largest absolute Gasteiger partial charge is 0.377 e. The molecule has 2 saturated carbocycles. The number of aliphatic hydroxyl groups is 1. The zero-order valence-electron chi connectivity index (χ0n) is 14.2. The first kappa shape index (κ1) is 15.2. The maximum atomic E-state index is 11.8. The molecule has 0 unspecified atom stereocenters. The Morgan fingerprint density at radius 3 is 2.83 bits per heavy atom. The number of allylic oxidation sites excluding steroid dienone is 4. The molecular formula is C21H26O2. The number of hydrogen-bond donors (Lipinski definition) is 1. The third-order valence-corrected chi connectivity index (χ3v) is 7.46. The minimum atomic E-state index is -0.938. The molecule has 4 aliphatic rings. The number of ketones is 1. The van der Waals surface area contributed by atoms with Gasteiger partial charge in [0.1, 0.15) is 5.60 Å². The van der Waals surface area contributed by atoms with E-state index in [4.69, 9.17) is 6.42 Å². The second-order valence-corrected chi connectivity index (χ2v) is 8.41. The number of rotatable bonds is 0. The van der Waals surface area contributed by atoms with E-state index in [2.05, 4.69) is 19.8 Å². The second kappa shape index (κ2) is 4.84. The summed E-state index contributed by atoms with van der Waals surface area (Å²) in [4.78, 5) is 11.8. The lowest BCUT2D eigenvalue weighted by molar-refractivity contribution is -0.114. The van der Waals surface area contributed by atoms with Crippen molar-refractivity contribution in [2.75, 3.05) is 0 Å². The van der Waals surface area contributed by atoms with E-state index in [9.17, 15) is 9.90 Å². The zero-order valence-corrected chi connectivity index (χ0v) is 14.2. The number of carbonyl (C=O) groups excluding carboxylic acids is 1. The third kappa shape index (κ3) is 1.89. The highest BCUT2D eigenvalue weighted by Gasteiger charge is 2.61.